The molecule has 0 aliphatic carbocycles. The van der Waals surface area contributed by atoms with Crippen molar-refractivity contribution in [1.82, 2.24) is 5.32 Å². The number of amides is 1. The molecule has 1 aromatic rings. The van der Waals surface area contributed by atoms with Gasteiger partial charge in [-0.2, -0.15) is 0 Å². The quantitative estimate of drug-likeness (QED) is 0.666. The van der Waals surface area contributed by atoms with E-state index >= 15 is 0 Å². The second-order valence-electron chi connectivity index (χ2n) is 3.59. The van der Waals surface area contributed by atoms with Crippen LogP contribution in [0.15, 0.2) is 18.2 Å². The van der Waals surface area contributed by atoms with Gasteiger partial charge in [-0.25, -0.2) is 0 Å². The number of nitrogens with two attached hydrogens (primary N) is 1. The average molecular weight is 255 g/mol. The first-order chi connectivity index (χ1) is 8.04. The lowest BCUT2D eigenvalue weighted by Crippen LogP contribution is -2.20. The zero-order valence-corrected chi connectivity index (χ0v) is 10.8. The SMILES string of the molecule is CNC(=O)c1ccc(N)cc1NCCS(C)=O. The van der Waals surface area contributed by atoms with Crippen LogP contribution in [0.3, 0.4) is 0 Å². The normalized spacial score (nSPS) is 11.9. The van der Waals surface area contributed by atoms with E-state index < -0.39 is 10.8 Å². The number of carbonyl (C=O) groups is 1. The summed E-state index contributed by atoms with van der Waals surface area (Å²) in [5.41, 5.74) is 7.44. The zero-order chi connectivity index (χ0) is 12.8. The van der Waals surface area contributed by atoms with Gasteiger partial charge in [0.15, 0.2) is 0 Å². The highest BCUT2D eigenvalue weighted by Gasteiger charge is 2.09. The molecule has 0 aliphatic rings. The largest absolute Gasteiger partial charge is 0.399 e. The van der Waals surface area contributed by atoms with Gasteiger partial charge in [-0.15, -0.1) is 0 Å². The van der Waals surface area contributed by atoms with Crippen molar-refractivity contribution in [2.24, 2.45) is 0 Å². The molecule has 0 saturated carbocycles. The van der Waals surface area contributed by atoms with Crippen LogP contribution in [0, 0.1) is 0 Å². The molecule has 5 nitrogen and oxygen atoms in total. The van der Waals surface area contributed by atoms with Crippen LogP contribution < -0.4 is 16.4 Å². The lowest BCUT2D eigenvalue weighted by atomic mass is 10.1. The average Bonchev–Trinajstić information content (AvgIpc) is 2.28. The summed E-state index contributed by atoms with van der Waals surface area (Å²) in [6.07, 6.45) is 1.64. The third kappa shape index (κ3) is 4.07. The lowest BCUT2D eigenvalue weighted by Gasteiger charge is -2.11. The highest BCUT2D eigenvalue weighted by Crippen LogP contribution is 2.18. The number of nitrogen functional groups attached to an aromatic ring is 1. The molecule has 0 saturated heterocycles. The van der Waals surface area contributed by atoms with Crippen LogP contribution in [0.2, 0.25) is 0 Å². The van der Waals surface area contributed by atoms with E-state index in [-0.39, 0.29) is 5.91 Å². The van der Waals surface area contributed by atoms with Crippen molar-refractivity contribution in [1.29, 1.82) is 0 Å². The van der Waals surface area contributed by atoms with E-state index in [1.54, 1.807) is 31.5 Å². The number of benzene rings is 1. The topological polar surface area (TPSA) is 84.2 Å². The number of anilines is 2. The maximum Gasteiger partial charge on any atom is 0.253 e. The maximum atomic E-state index is 11.6. The molecule has 0 fully saturated rings. The Bertz CT molecular complexity index is 435. The zero-order valence-electron chi connectivity index (χ0n) is 9.95. The Morgan fingerprint density at radius 3 is 2.76 bits per heavy atom. The highest BCUT2D eigenvalue weighted by molar-refractivity contribution is 7.84. The van der Waals surface area contributed by atoms with Crippen LogP contribution in [0.4, 0.5) is 11.4 Å². The van der Waals surface area contributed by atoms with E-state index in [0.717, 1.165) is 0 Å². The summed E-state index contributed by atoms with van der Waals surface area (Å²) in [5.74, 6) is 0.354. The smallest absolute Gasteiger partial charge is 0.253 e. The predicted octanol–water partition coefficient (Wildman–Crippen LogP) is 0.419. The molecule has 94 valence electrons. The first-order valence-corrected chi connectivity index (χ1v) is 6.93. The summed E-state index contributed by atoms with van der Waals surface area (Å²) in [6.45, 7) is 0.538. The molecule has 4 N–H and O–H groups in total. The van der Waals surface area contributed by atoms with Crippen LogP contribution in [-0.4, -0.2) is 35.7 Å². The fraction of sp³-hybridized carbons (Fsp3) is 0.364. The summed E-state index contributed by atoms with van der Waals surface area (Å²) in [7, 11) is 0.715. The molecule has 1 atom stereocenters. The van der Waals surface area contributed by atoms with Crippen molar-refractivity contribution in [3.63, 3.8) is 0 Å². The van der Waals surface area contributed by atoms with Crippen LogP contribution in [-0.2, 0) is 10.8 Å². The Kier molecular flexibility index (Phi) is 4.96. The van der Waals surface area contributed by atoms with E-state index in [9.17, 15) is 9.00 Å². The molecule has 1 aromatic carbocycles. The third-order valence-electron chi connectivity index (χ3n) is 2.22. The number of rotatable bonds is 5. The van der Waals surface area contributed by atoms with Crippen LogP contribution in [0.25, 0.3) is 0 Å². The summed E-state index contributed by atoms with van der Waals surface area (Å²) in [5, 5.41) is 5.63. The molecule has 0 aromatic heterocycles. The van der Waals surface area contributed by atoms with Gasteiger partial charge in [-0.3, -0.25) is 9.00 Å². The standard InChI is InChI=1S/C11H17N3O2S/c1-13-11(15)9-4-3-8(12)7-10(9)14-5-6-17(2)16/h3-4,7,14H,5-6,12H2,1-2H3,(H,13,15). The highest BCUT2D eigenvalue weighted by atomic mass is 32.2. The molecular weight excluding hydrogens is 238 g/mol. The van der Waals surface area contributed by atoms with Gasteiger partial charge in [-0.1, -0.05) is 0 Å². The van der Waals surface area contributed by atoms with Gasteiger partial charge in [0.05, 0.1) is 5.56 Å². The summed E-state index contributed by atoms with van der Waals surface area (Å²) >= 11 is 0. The minimum atomic E-state index is -0.858. The monoisotopic (exact) mass is 255 g/mol. The Balaban J connectivity index is 2.83. The predicted molar refractivity (Wildman–Crippen MR) is 71.7 cm³/mol. The van der Waals surface area contributed by atoms with Gasteiger partial charge in [0, 0.05) is 47.8 Å². The van der Waals surface area contributed by atoms with Crippen molar-refractivity contribution in [3.05, 3.63) is 23.8 Å². The van der Waals surface area contributed by atoms with Crippen LogP contribution in [0.5, 0.6) is 0 Å². The molecule has 0 heterocycles. The Hall–Kier alpha value is -1.56. The number of hydrogen-bond donors (Lipinski definition) is 3. The van der Waals surface area contributed by atoms with Gasteiger partial charge < -0.3 is 16.4 Å². The second kappa shape index (κ2) is 6.24. The Morgan fingerprint density at radius 2 is 2.18 bits per heavy atom. The lowest BCUT2D eigenvalue weighted by molar-refractivity contribution is 0.0964. The van der Waals surface area contributed by atoms with Crippen LogP contribution in [0.1, 0.15) is 10.4 Å². The van der Waals surface area contributed by atoms with E-state index in [0.29, 0.717) is 29.2 Å². The van der Waals surface area contributed by atoms with E-state index in [1.807, 2.05) is 0 Å². The van der Waals surface area contributed by atoms with Crippen molar-refractivity contribution in [2.75, 3.05) is 36.7 Å². The first kappa shape index (κ1) is 13.5. The molecule has 6 heteroatoms. The number of hydrogen-bond acceptors (Lipinski definition) is 4. The molecule has 1 amide bonds. The van der Waals surface area contributed by atoms with Gasteiger partial charge in [0.2, 0.25) is 0 Å². The van der Waals surface area contributed by atoms with Crippen molar-refractivity contribution < 1.29 is 9.00 Å². The molecule has 0 aliphatic heterocycles. The summed E-state index contributed by atoms with van der Waals surface area (Å²) in [4.78, 5) is 11.6. The number of nitrogens with one attached hydrogen (secondary N) is 2. The molecule has 0 bridgehead atoms. The van der Waals surface area contributed by atoms with E-state index in [2.05, 4.69) is 10.6 Å². The summed E-state index contributed by atoms with van der Waals surface area (Å²) in [6, 6.07) is 5.04. The van der Waals surface area contributed by atoms with Gasteiger partial charge in [-0.05, 0) is 18.2 Å². The molecule has 17 heavy (non-hydrogen) atoms. The van der Waals surface area contributed by atoms with E-state index in [1.165, 1.54) is 0 Å². The minimum Gasteiger partial charge on any atom is -0.399 e. The van der Waals surface area contributed by atoms with Crippen molar-refractivity contribution in [2.45, 2.75) is 0 Å². The van der Waals surface area contributed by atoms with Crippen LogP contribution >= 0.6 is 0 Å². The maximum absolute atomic E-state index is 11.6. The minimum absolute atomic E-state index is 0.176. The third-order valence-corrected chi connectivity index (χ3v) is 3.00. The fourth-order valence-corrected chi connectivity index (χ4v) is 1.76. The van der Waals surface area contributed by atoms with Gasteiger partial charge in [0.25, 0.3) is 5.91 Å². The van der Waals surface area contributed by atoms with E-state index in [4.69, 9.17) is 5.73 Å². The van der Waals surface area contributed by atoms with Gasteiger partial charge >= 0.3 is 0 Å². The second-order valence-corrected chi connectivity index (χ2v) is 5.14. The van der Waals surface area contributed by atoms with Crippen molar-refractivity contribution in [3.8, 4) is 0 Å². The van der Waals surface area contributed by atoms with Gasteiger partial charge in [0.1, 0.15) is 0 Å². The number of carbonyl (C=O) groups excluding carboxylic acids is 1. The Labute approximate surface area is 103 Å². The first-order valence-electron chi connectivity index (χ1n) is 5.20. The molecule has 1 rings (SSSR count). The summed E-state index contributed by atoms with van der Waals surface area (Å²) < 4.78 is 10.9. The molecule has 0 radical (unpaired) electrons. The molecule has 1 unspecified atom stereocenters. The fourth-order valence-electron chi connectivity index (χ4n) is 1.37. The van der Waals surface area contributed by atoms with Crippen molar-refractivity contribution >= 4 is 28.1 Å². The molecule has 0 spiro atoms. The Morgan fingerprint density at radius 1 is 1.47 bits per heavy atom. The molecular formula is C11H17N3O2S.